The lowest BCUT2D eigenvalue weighted by molar-refractivity contribution is 0.273. The van der Waals surface area contributed by atoms with Gasteiger partial charge in [0.1, 0.15) is 0 Å². The average molecular weight is 281 g/mol. The summed E-state index contributed by atoms with van der Waals surface area (Å²) in [7, 11) is -1.64. The molecule has 0 bridgehead atoms. The Balaban J connectivity index is 4.95. The molecule has 1 unspecified atom stereocenters. The maximum Gasteiger partial charge on any atom is 0.201 e. The van der Waals surface area contributed by atoms with E-state index in [4.69, 9.17) is 4.43 Å². The molecule has 14 heavy (non-hydrogen) atoms. The maximum atomic E-state index is 6.28. The van der Waals surface area contributed by atoms with Crippen molar-refractivity contribution in [2.45, 2.75) is 70.1 Å². The molecule has 0 aliphatic carbocycles. The molecule has 0 amide bonds. The van der Waals surface area contributed by atoms with Crippen molar-refractivity contribution in [3.8, 4) is 0 Å². The van der Waals surface area contributed by atoms with Crippen molar-refractivity contribution >= 4 is 24.2 Å². The molecule has 3 heteroatoms. The van der Waals surface area contributed by atoms with Gasteiger partial charge in [0.25, 0.3) is 0 Å². The summed E-state index contributed by atoms with van der Waals surface area (Å²) in [5.74, 6) is 0. The van der Waals surface area contributed by atoms with Gasteiger partial charge in [-0.05, 0) is 23.5 Å². The smallest absolute Gasteiger partial charge is 0.201 e. The van der Waals surface area contributed by atoms with E-state index in [0.29, 0.717) is 16.6 Å². The van der Waals surface area contributed by atoms with Gasteiger partial charge >= 0.3 is 0 Å². The standard InChI is InChI=1S/C11H25BrOSi/c1-8(2)14(9(3)4,10(5)6)13-11(7)12/h8-11H,1-7H3. The summed E-state index contributed by atoms with van der Waals surface area (Å²) in [4.78, 5) is 0. The van der Waals surface area contributed by atoms with Crippen LogP contribution in [-0.2, 0) is 4.43 Å². The number of halogens is 1. The van der Waals surface area contributed by atoms with Crippen LogP contribution in [0.2, 0.25) is 16.6 Å². The van der Waals surface area contributed by atoms with Crippen LogP contribution in [-0.4, -0.2) is 13.3 Å². The van der Waals surface area contributed by atoms with Gasteiger partial charge in [0, 0.05) is 0 Å². The molecule has 0 spiro atoms. The van der Waals surface area contributed by atoms with E-state index in [9.17, 15) is 0 Å². The van der Waals surface area contributed by atoms with Gasteiger partial charge < -0.3 is 4.43 Å². The van der Waals surface area contributed by atoms with Crippen LogP contribution in [0.1, 0.15) is 48.5 Å². The largest absolute Gasteiger partial charge is 0.404 e. The van der Waals surface area contributed by atoms with Gasteiger partial charge in [-0.25, -0.2) is 0 Å². The van der Waals surface area contributed by atoms with Crippen molar-refractivity contribution in [3.05, 3.63) is 0 Å². The van der Waals surface area contributed by atoms with Gasteiger partial charge in [-0.1, -0.05) is 57.5 Å². The fourth-order valence-corrected chi connectivity index (χ4v) is 9.04. The third-order valence-corrected chi connectivity index (χ3v) is 9.78. The summed E-state index contributed by atoms with van der Waals surface area (Å²) in [5.41, 5.74) is 2.01. The topological polar surface area (TPSA) is 9.23 Å². The van der Waals surface area contributed by atoms with Crippen molar-refractivity contribution in [2.24, 2.45) is 0 Å². The van der Waals surface area contributed by atoms with Gasteiger partial charge in [0.05, 0.1) is 5.01 Å². The molecule has 86 valence electrons. The highest BCUT2D eigenvalue weighted by atomic mass is 79.9. The number of alkyl halides is 1. The molecular formula is C11H25BrOSi. The first-order chi connectivity index (χ1) is 6.25. The second kappa shape index (κ2) is 5.66. The van der Waals surface area contributed by atoms with Gasteiger partial charge in [0.15, 0.2) is 0 Å². The Hall–Kier alpha value is 0.657. The van der Waals surface area contributed by atoms with Crippen LogP contribution in [0, 0.1) is 0 Å². The molecule has 0 aliphatic heterocycles. The zero-order valence-electron chi connectivity index (χ0n) is 10.6. The molecule has 0 aromatic heterocycles. The SMILES string of the molecule is CC(Br)O[Si](C(C)C)(C(C)C)C(C)C. The van der Waals surface area contributed by atoms with Crippen LogP contribution in [0.3, 0.4) is 0 Å². The van der Waals surface area contributed by atoms with Crippen LogP contribution in [0.4, 0.5) is 0 Å². The predicted octanol–water partition coefficient (Wildman–Crippen LogP) is 4.92. The summed E-state index contributed by atoms with van der Waals surface area (Å²) in [6.45, 7) is 15.9. The molecule has 1 atom stereocenters. The highest BCUT2D eigenvalue weighted by Gasteiger charge is 2.45. The number of hydrogen-bond donors (Lipinski definition) is 0. The molecule has 0 rings (SSSR count). The minimum Gasteiger partial charge on any atom is -0.404 e. The van der Waals surface area contributed by atoms with Gasteiger partial charge in [-0.2, -0.15) is 0 Å². The lowest BCUT2D eigenvalue weighted by Crippen LogP contribution is -2.48. The van der Waals surface area contributed by atoms with Gasteiger partial charge in [0.2, 0.25) is 8.32 Å². The first-order valence-corrected chi connectivity index (χ1v) is 8.62. The molecule has 0 N–H and O–H groups in total. The second-order valence-corrected chi connectivity index (χ2v) is 11.7. The van der Waals surface area contributed by atoms with Gasteiger partial charge in [-0.3, -0.25) is 0 Å². The summed E-state index contributed by atoms with van der Waals surface area (Å²) in [6.07, 6.45) is 0. The zero-order valence-corrected chi connectivity index (χ0v) is 13.2. The molecule has 1 nitrogen and oxygen atoms in total. The summed E-state index contributed by atoms with van der Waals surface area (Å²) in [5, 5.41) is 0.182. The quantitative estimate of drug-likeness (QED) is 0.513. The van der Waals surface area contributed by atoms with Crippen molar-refractivity contribution in [1.29, 1.82) is 0 Å². The second-order valence-electron chi connectivity index (χ2n) is 4.98. The molecule has 0 radical (unpaired) electrons. The molecule has 0 heterocycles. The van der Waals surface area contributed by atoms with E-state index in [0.717, 1.165) is 0 Å². The van der Waals surface area contributed by atoms with E-state index >= 15 is 0 Å². The Morgan fingerprint density at radius 3 is 1.14 bits per heavy atom. The van der Waals surface area contributed by atoms with E-state index in [1.165, 1.54) is 0 Å². The van der Waals surface area contributed by atoms with Crippen LogP contribution in [0.25, 0.3) is 0 Å². The van der Waals surface area contributed by atoms with Crippen molar-refractivity contribution in [2.75, 3.05) is 0 Å². The normalized spacial score (nSPS) is 15.6. The number of hydrogen-bond acceptors (Lipinski definition) is 1. The predicted molar refractivity (Wildman–Crippen MR) is 70.5 cm³/mol. The highest BCUT2D eigenvalue weighted by Crippen LogP contribution is 2.43. The van der Waals surface area contributed by atoms with Crippen LogP contribution >= 0.6 is 15.9 Å². The molecule has 0 aliphatic rings. The van der Waals surface area contributed by atoms with E-state index in [1.54, 1.807) is 0 Å². The Morgan fingerprint density at radius 1 is 0.786 bits per heavy atom. The van der Waals surface area contributed by atoms with Gasteiger partial charge in [-0.15, -0.1) is 0 Å². The Kier molecular flexibility index (Phi) is 5.93. The number of rotatable bonds is 5. The summed E-state index contributed by atoms with van der Waals surface area (Å²) >= 11 is 3.53. The van der Waals surface area contributed by atoms with Crippen LogP contribution in [0.15, 0.2) is 0 Å². The minimum atomic E-state index is -1.64. The molecule has 0 saturated heterocycles. The third kappa shape index (κ3) is 3.07. The monoisotopic (exact) mass is 280 g/mol. The third-order valence-electron chi connectivity index (χ3n) is 3.07. The van der Waals surface area contributed by atoms with E-state index in [-0.39, 0.29) is 5.01 Å². The molecular weight excluding hydrogens is 256 g/mol. The molecule has 0 fully saturated rings. The van der Waals surface area contributed by atoms with Crippen molar-refractivity contribution in [3.63, 3.8) is 0 Å². The average Bonchev–Trinajstić information content (AvgIpc) is 1.97. The fourth-order valence-electron chi connectivity index (χ4n) is 2.69. The Morgan fingerprint density at radius 2 is 1.07 bits per heavy atom. The minimum absolute atomic E-state index is 0.182. The summed E-state index contributed by atoms with van der Waals surface area (Å²) in [6, 6.07) is 0. The van der Waals surface area contributed by atoms with Crippen molar-refractivity contribution in [1.82, 2.24) is 0 Å². The van der Waals surface area contributed by atoms with E-state index in [2.05, 4.69) is 64.4 Å². The molecule has 0 saturated carbocycles. The molecule has 0 aromatic rings. The highest BCUT2D eigenvalue weighted by molar-refractivity contribution is 9.09. The Labute approximate surface area is 98.9 Å². The first kappa shape index (κ1) is 14.7. The lowest BCUT2D eigenvalue weighted by atomic mass is 10.5. The zero-order chi connectivity index (χ0) is 11.5. The first-order valence-electron chi connectivity index (χ1n) is 5.57. The van der Waals surface area contributed by atoms with E-state index in [1.807, 2.05) is 0 Å². The summed E-state index contributed by atoms with van der Waals surface area (Å²) < 4.78 is 6.28. The van der Waals surface area contributed by atoms with Crippen molar-refractivity contribution < 1.29 is 4.43 Å². The molecule has 0 aromatic carbocycles. The van der Waals surface area contributed by atoms with E-state index < -0.39 is 8.32 Å². The Bertz CT molecular complexity index is 145. The fraction of sp³-hybridized carbons (Fsp3) is 1.00. The lowest BCUT2D eigenvalue weighted by Gasteiger charge is -2.43. The maximum absolute atomic E-state index is 6.28. The van der Waals surface area contributed by atoms with Crippen LogP contribution in [0.5, 0.6) is 0 Å². The van der Waals surface area contributed by atoms with Crippen LogP contribution < -0.4 is 0 Å².